The van der Waals surface area contributed by atoms with Gasteiger partial charge < -0.3 is 5.32 Å². The zero-order valence-corrected chi connectivity index (χ0v) is 14.6. The SMILES string of the molecule is C[C@H](NC(=O)Cc1csc(-c2ccccn2)n1)c1ccccc1Cl. The standard InChI is InChI=1S/C18H16ClN3OS/c1-12(14-6-2-3-7-15(14)19)21-17(23)10-13-11-24-18(22-13)16-8-4-5-9-20-16/h2-9,11-12H,10H2,1H3,(H,21,23)/t12-/m0/s1. The fourth-order valence-corrected chi connectivity index (χ4v) is 3.45. The molecule has 0 saturated heterocycles. The van der Waals surface area contributed by atoms with Gasteiger partial charge in [-0.2, -0.15) is 0 Å². The number of amides is 1. The van der Waals surface area contributed by atoms with E-state index in [2.05, 4.69) is 15.3 Å². The third-order valence-corrected chi connectivity index (χ3v) is 4.78. The lowest BCUT2D eigenvalue weighted by Gasteiger charge is -2.15. The van der Waals surface area contributed by atoms with Crippen LogP contribution in [-0.2, 0) is 11.2 Å². The van der Waals surface area contributed by atoms with Gasteiger partial charge in [-0.25, -0.2) is 4.98 Å². The molecule has 3 rings (SSSR count). The van der Waals surface area contributed by atoms with Crippen LogP contribution in [0.4, 0.5) is 0 Å². The van der Waals surface area contributed by atoms with Gasteiger partial charge >= 0.3 is 0 Å². The minimum absolute atomic E-state index is 0.0831. The molecule has 0 saturated carbocycles. The van der Waals surface area contributed by atoms with E-state index in [1.807, 2.05) is 54.8 Å². The minimum atomic E-state index is -0.153. The summed E-state index contributed by atoms with van der Waals surface area (Å²) in [4.78, 5) is 21.0. The molecule has 0 unspecified atom stereocenters. The summed E-state index contributed by atoms with van der Waals surface area (Å²) in [5.74, 6) is -0.0831. The van der Waals surface area contributed by atoms with Crippen LogP contribution in [0.1, 0.15) is 24.2 Å². The molecule has 0 aliphatic carbocycles. The first-order valence-electron chi connectivity index (χ1n) is 7.53. The van der Waals surface area contributed by atoms with Crippen molar-refractivity contribution in [3.05, 3.63) is 70.3 Å². The van der Waals surface area contributed by atoms with Crippen molar-refractivity contribution in [2.45, 2.75) is 19.4 Å². The van der Waals surface area contributed by atoms with Crippen molar-refractivity contribution in [1.82, 2.24) is 15.3 Å². The Labute approximate surface area is 149 Å². The summed E-state index contributed by atoms with van der Waals surface area (Å²) >= 11 is 7.65. The van der Waals surface area contributed by atoms with Crippen molar-refractivity contribution in [2.24, 2.45) is 0 Å². The molecule has 0 spiro atoms. The van der Waals surface area contributed by atoms with Crippen LogP contribution < -0.4 is 5.32 Å². The average Bonchev–Trinajstić information content (AvgIpc) is 3.04. The monoisotopic (exact) mass is 357 g/mol. The van der Waals surface area contributed by atoms with Gasteiger partial charge in [0, 0.05) is 16.6 Å². The molecule has 1 atom stereocenters. The molecule has 0 radical (unpaired) electrons. The van der Waals surface area contributed by atoms with Crippen molar-refractivity contribution in [1.29, 1.82) is 0 Å². The predicted octanol–water partition coefficient (Wildman–Crippen LogP) is 4.28. The molecule has 6 heteroatoms. The second-order valence-electron chi connectivity index (χ2n) is 5.35. The van der Waals surface area contributed by atoms with Gasteiger partial charge in [0.1, 0.15) is 5.01 Å². The van der Waals surface area contributed by atoms with Gasteiger partial charge in [0.25, 0.3) is 0 Å². The smallest absolute Gasteiger partial charge is 0.226 e. The number of carbonyl (C=O) groups excluding carboxylic acids is 1. The molecule has 4 nitrogen and oxygen atoms in total. The quantitative estimate of drug-likeness (QED) is 0.741. The van der Waals surface area contributed by atoms with E-state index < -0.39 is 0 Å². The number of hydrogen-bond acceptors (Lipinski definition) is 4. The Morgan fingerprint density at radius 3 is 2.79 bits per heavy atom. The maximum absolute atomic E-state index is 12.2. The fourth-order valence-electron chi connectivity index (χ4n) is 2.36. The summed E-state index contributed by atoms with van der Waals surface area (Å²) < 4.78 is 0. The predicted molar refractivity (Wildman–Crippen MR) is 97.1 cm³/mol. The van der Waals surface area contributed by atoms with E-state index in [1.54, 1.807) is 6.20 Å². The highest BCUT2D eigenvalue weighted by Crippen LogP contribution is 2.23. The molecule has 0 bridgehead atoms. The van der Waals surface area contributed by atoms with Crippen molar-refractivity contribution in [3.8, 4) is 10.7 Å². The molecule has 1 N–H and O–H groups in total. The van der Waals surface area contributed by atoms with Crippen LogP contribution in [-0.4, -0.2) is 15.9 Å². The highest BCUT2D eigenvalue weighted by Gasteiger charge is 2.14. The van der Waals surface area contributed by atoms with Gasteiger partial charge in [0.05, 0.1) is 23.9 Å². The highest BCUT2D eigenvalue weighted by atomic mass is 35.5. The minimum Gasteiger partial charge on any atom is -0.349 e. The van der Waals surface area contributed by atoms with Crippen LogP contribution in [0.15, 0.2) is 54.0 Å². The largest absolute Gasteiger partial charge is 0.349 e. The van der Waals surface area contributed by atoms with Gasteiger partial charge in [0.15, 0.2) is 0 Å². The summed E-state index contributed by atoms with van der Waals surface area (Å²) in [6.45, 7) is 1.92. The maximum atomic E-state index is 12.2. The zero-order chi connectivity index (χ0) is 16.9. The van der Waals surface area contributed by atoms with E-state index in [0.717, 1.165) is 22.0 Å². The van der Waals surface area contributed by atoms with E-state index in [4.69, 9.17) is 11.6 Å². The van der Waals surface area contributed by atoms with E-state index >= 15 is 0 Å². The number of pyridine rings is 1. The van der Waals surface area contributed by atoms with E-state index in [-0.39, 0.29) is 18.4 Å². The molecule has 122 valence electrons. The van der Waals surface area contributed by atoms with Gasteiger partial charge in [-0.3, -0.25) is 9.78 Å². The number of nitrogens with one attached hydrogen (secondary N) is 1. The van der Waals surface area contributed by atoms with Crippen LogP contribution in [0, 0.1) is 0 Å². The molecule has 1 amide bonds. The van der Waals surface area contributed by atoms with E-state index in [1.165, 1.54) is 11.3 Å². The molecule has 1 aromatic carbocycles. The van der Waals surface area contributed by atoms with Crippen LogP contribution in [0.3, 0.4) is 0 Å². The average molecular weight is 358 g/mol. The van der Waals surface area contributed by atoms with E-state index in [0.29, 0.717) is 5.02 Å². The molecular formula is C18H16ClN3OS. The molecule has 2 aromatic heterocycles. The molecule has 0 fully saturated rings. The number of thiazole rings is 1. The Balaban J connectivity index is 1.63. The van der Waals surface area contributed by atoms with Gasteiger partial charge in [-0.1, -0.05) is 35.9 Å². The summed E-state index contributed by atoms with van der Waals surface area (Å²) in [5, 5.41) is 6.32. The van der Waals surface area contributed by atoms with Gasteiger partial charge in [-0.05, 0) is 30.7 Å². The summed E-state index contributed by atoms with van der Waals surface area (Å²) in [7, 11) is 0. The van der Waals surface area contributed by atoms with Crippen LogP contribution in [0.5, 0.6) is 0 Å². The van der Waals surface area contributed by atoms with Crippen LogP contribution in [0.25, 0.3) is 10.7 Å². The summed E-state index contributed by atoms with van der Waals surface area (Å²) in [6, 6.07) is 13.0. The number of halogens is 1. The van der Waals surface area contributed by atoms with Crippen molar-refractivity contribution < 1.29 is 4.79 Å². The number of aromatic nitrogens is 2. The second kappa shape index (κ2) is 7.55. The lowest BCUT2D eigenvalue weighted by molar-refractivity contribution is -0.121. The first-order valence-corrected chi connectivity index (χ1v) is 8.79. The van der Waals surface area contributed by atoms with Gasteiger partial charge in [-0.15, -0.1) is 11.3 Å². The van der Waals surface area contributed by atoms with Crippen LogP contribution in [0.2, 0.25) is 5.02 Å². The fraction of sp³-hybridized carbons (Fsp3) is 0.167. The topological polar surface area (TPSA) is 54.9 Å². The Kier molecular flexibility index (Phi) is 5.23. The number of benzene rings is 1. The first kappa shape index (κ1) is 16.6. The molecule has 2 heterocycles. The lowest BCUT2D eigenvalue weighted by atomic mass is 10.1. The van der Waals surface area contributed by atoms with Crippen molar-refractivity contribution >= 4 is 28.8 Å². The maximum Gasteiger partial charge on any atom is 0.226 e. The van der Waals surface area contributed by atoms with E-state index in [9.17, 15) is 4.79 Å². The summed E-state index contributed by atoms with van der Waals surface area (Å²) in [5.41, 5.74) is 2.46. The number of nitrogens with zero attached hydrogens (tertiary/aromatic N) is 2. The highest BCUT2D eigenvalue weighted by molar-refractivity contribution is 7.13. The zero-order valence-electron chi connectivity index (χ0n) is 13.1. The Morgan fingerprint density at radius 1 is 1.25 bits per heavy atom. The molecule has 24 heavy (non-hydrogen) atoms. The number of carbonyl (C=O) groups is 1. The Bertz CT molecular complexity index is 835. The molecule has 3 aromatic rings. The Morgan fingerprint density at radius 2 is 2.04 bits per heavy atom. The molecular weight excluding hydrogens is 342 g/mol. The van der Waals surface area contributed by atoms with Gasteiger partial charge in [0.2, 0.25) is 5.91 Å². The first-order chi connectivity index (χ1) is 11.6. The summed E-state index contributed by atoms with van der Waals surface area (Å²) in [6.07, 6.45) is 1.96. The number of hydrogen-bond donors (Lipinski definition) is 1. The lowest BCUT2D eigenvalue weighted by Crippen LogP contribution is -2.28. The normalized spacial score (nSPS) is 11.9. The molecule has 0 aliphatic rings. The third-order valence-electron chi connectivity index (χ3n) is 3.53. The van der Waals surface area contributed by atoms with Crippen molar-refractivity contribution in [3.63, 3.8) is 0 Å². The third kappa shape index (κ3) is 3.99. The van der Waals surface area contributed by atoms with Crippen LogP contribution >= 0.6 is 22.9 Å². The number of rotatable bonds is 5. The van der Waals surface area contributed by atoms with Crippen molar-refractivity contribution in [2.75, 3.05) is 0 Å². The molecule has 0 aliphatic heterocycles. The Hall–Kier alpha value is -2.24. The second-order valence-corrected chi connectivity index (χ2v) is 6.61.